The number of rotatable bonds is 5. The highest BCUT2D eigenvalue weighted by molar-refractivity contribution is 5.82. The van der Waals surface area contributed by atoms with Gasteiger partial charge in [-0.05, 0) is 31.2 Å². The first-order valence-electron chi connectivity index (χ1n) is 6.81. The third-order valence-corrected chi connectivity index (χ3v) is 3.70. The summed E-state index contributed by atoms with van der Waals surface area (Å²) in [6.07, 6.45) is 3.72. The predicted molar refractivity (Wildman–Crippen MR) is 74.7 cm³/mol. The zero-order chi connectivity index (χ0) is 13.7. The average Bonchev–Trinajstić information content (AvgIpc) is 2.87. The van der Waals surface area contributed by atoms with Gasteiger partial charge in [0, 0.05) is 13.2 Å². The van der Waals surface area contributed by atoms with E-state index >= 15 is 0 Å². The fourth-order valence-electron chi connectivity index (χ4n) is 2.55. The Bertz CT molecular complexity index is 408. The molecule has 1 amide bonds. The molecule has 104 valence electrons. The molecule has 1 saturated carbocycles. The predicted octanol–water partition coefficient (Wildman–Crippen LogP) is 1.24. The number of hydrogen-bond acceptors (Lipinski definition) is 3. The first-order chi connectivity index (χ1) is 9.19. The Morgan fingerprint density at radius 1 is 1.42 bits per heavy atom. The highest BCUT2D eigenvalue weighted by atomic mass is 16.5. The highest BCUT2D eigenvalue weighted by Crippen LogP contribution is 2.21. The van der Waals surface area contributed by atoms with E-state index in [9.17, 15) is 4.79 Å². The van der Waals surface area contributed by atoms with E-state index < -0.39 is 6.04 Å². The third-order valence-electron chi connectivity index (χ3n) is 3.70. The van der Waals surface area contributed by atoms with E-state index in [1.54, 1.807) is 7.11 Å². The molecule has 4 nitrogen and oxygen atoms in total. The van der Waals surface area contributed by atoms with Gasteiger partial charge >= 0.3 is 0 Å². The fourth-order valence-corrected chi connectivity index (χ4v) is 2.55. The minimum Gasteiger partial charge on any atom is -0.381 e. The SMILES string of the molecule is COC1CCC(NC(=O)[C@@H](N)Cc2ccccc2)C1. The number of amides is 1. The molecule has 1 aliphatic carbocycles. The van der Waals surface area contributed by atoms with E-state index in [0.29, 0.717) is 6.42 Å². The van der Waals surface area contributed by atoms with Crippen molar-refractivity contribution in [2.24, 2.45) is 5.73 Å². The lowest BCUT2D eigenvalue weighted by Crippen LogP contribution is -2.45. The van der Waals surface area contributed by atoms with Crippen molar-refractivity contribution in [2.45, 2.75) is 43.9 Å². The summed E-state index contributed by atoms with van der Waals surface area (Å²) in [6, 6.07) is 9.58. The number of nitrogens with one attached hydrogen (secondary N) is 1. The van der Waals surface area contributed by atoms with E-state index in [1.165, 1.54) is 0 Å². The molecule has 0 aliphatic heterocycles. The van der Waals surface area contributed by atoms with E-state index in [2.05, 4.69) is 5.32 Å². The molecule has 1 aromatic rings. The molecule has 1 aliphatic rings. The van der Waals surface area contributed by atoms with Crippen LogP contribution in [-0.2, 0) is 16.0 Å². The Morgan fingerprint density at radius 2 is 2.16 bits per heavy atom. The smallest absolute Gasteiger partial charge is 0.237 e. The largest absolute Gasteiger partial charge is 0.381 e. The second-order valence-electron chi connectivity index (χ2n) is 5.17. The van der Waals surface area contributed by atoms with Crippen LogP contribution in [0.2, 0.25) is 0 Å². The number of nitrogens with two attached hydrogens (primary N) is 1. The summed E-state index contributed by atoms with van der Waals surface area (Å²) in [5, 5.41) is 3.02. The maximum Gasteiger partial charge on any atom is 0.237 e. The molecular weight excluding hydrogens is 240 g/mol. The van der Waals surface area contributed by atoms with Gasteiger partial charge in [0.25, 0.3) is 0 Å². The lowest BCUT2D eigenvalue weighted by Gasteiger charge is -2.17. The Kier molecular flexibility index (Phi) is 4.93. The number of carbonyl (C=O) groups excluding carboxylic acids is 1. The molecule has 3 N–H and O–H groups in total. The molecule has 2 rings (SSSR count). The second-order valence-corrected chi connectivity index (χ2v) is 5.17. The number of benzene rings is 1. The molecule has 0 saturated heterocycles. The number of carbonyl (C=O) groups is 1. The van der Waals surface area contributed by atoms with Gasteiger partial charge in [0.2, 0.25) is 5.91 Å². The van der Waals surface area contributed by atoms with Crippen molar-refractivity contribution in [3.63, 3.8) is 0 Å². The molecular formula is C15H22N2O2. The van der Waals surface area contributed by atoms with Crippen molar-refractivity contribution < 1.29 is 9.53 Å². The van der Waals surface area contributed by atoms with Gasteiger partial charge in [0.15, 0.2) is 0 Å². The molecule has 1 aromatic carbocycles. The van der Waals surface area contributed by atoms with Crippen molar-refractivity contribution in [3.8, 4) is 0 Å². The Labute approximate surface area is 114 Å². The first-order valence-corrected chi connectivity index (χ1v) is 6.81. The summed E-state index contributed by atoms with van der Waals surface area (Å²) >= 11 is 0. The molecule has 0 aromatic heterocycles. The van der Waals surface area contributed by atoms with Crippen molar-refractivity contribution in [3.05, 3.63) is 35.9 Å². The van der Waals surface area contributed by atoms with E-state index in [-0.39, 0.29) is 18.1 Å². The molecule has 4 heteroatoms. The number of ether oxygens (including phenoxy) is 1. The second kappa shape index (κ2) is 6.68. The number of methoxy groups -OCH3 is 1. The van der Waals surface area contributed by atoms with E-state index in [4.69, 9.17) is 10.5 Å². The number of hydrogen-bond donors (Lipinski definition) is 2. The van der Waals surface area contributed by atoms with Crippen LogP contribution in [0.3, 0.4) is 0 Å². The highest BCUT2D eigenvalue weighted by Gasteiger charge is 2.27. The van der Waals surface area contributed by atoms with Gasteiger partial charge in [0.1, 0.15) is 0 Å². The standard InChI is InChI=1S/C15H22N2O2/c1-19-13-8-7-12(10-13)17-15(18)14(16)9-11-5-3-2-4-6-11/h2-6,12-14H,7-10,16H2,1H3,(H,17,18)/t12?,13?,14-/m0/s1. The van der Waals surface area contributed by atoms with Crippen LogP contribution >= 0.6 is 0 Å². The van der Waals surface area contributed by atoms with Crippen molar-refractivity contribution in [1.29, 1.82) is 0 Å². The zero-order valence-corrected chi connectivity index (χ0v) is 11.3. The van der Waals surface area contributed by atoms with Crippen molar-refractivity contribution in [1.82, 2.24) is 5.32 Å². The molecule has 0 spiro atoms. The van der Waals surface area contributed by atoms with Crippen LogP contribution in [0.4, 0.5) is 0 Å². The molecule has 2 unspecified atom stereocenters. The topological polar surface area (TPSA) is 64.3 Å². The lowest BCUT2D eigenvalue weighted by molar-refractivity contribution is -0.123. The fraction of sp³-hybridized carbons (Fsp3) is 0.533. The van der Waals surface area contributed by atoms with Gasteiger partial charge in [-0.25, -0.2) is 0 Å². The van der Waals surface area contributed by atoms with Crippen LogP contribution in [0.25, 0.3) is 0 Å². The van der Waals surface area contributed by atoms with Gasteiger partial charge in [-0.15, -0.1) is 0 Å². The third kappa shape index (κ3) is 4.04. The Morgan fingerprint density at radius 3 is 2.79 bits per heavy atom. The molecule has 1 fully saturated rings. The minimum absolute atomic E-state index is 0.0643. The Hall–Kier alpha value is -1.39. The monoisotopic (exact) mass is 262 g/mol. The summed E-state index contributed by atoms with van der Waals surface area (Å²) < 4.78 is 5.30. The van der Waals surface area contributed by atoms with Crippen LogP contribution in [-0.4, -0.2) is 31.2 Å². The van der Waals surface area contributed by atoms with Crippen LogP contribution < -0.4 is 11.1 Å². The maximum atomic E-state index is 12.0. The normalized spacial score (nSPS) is 24.1. The summed E-state index contributed by atoms with van der Waals surface area (Å²) in [5.41, 5.74) is 7.04. The summed E-state index contributed by atoms with van der Waals surface area (Å²) in [5.74, 6) is -0.0643. The van der Waals surface area contributed by atoms with E-state index in [1.807, 2.05) is 30.3 Å². The van der Waals surface area contributed by atoms with Gasteiger partial charge in [0.05, 0.1) is 12.1 Å². The van der Waals surface area contributed by atoms with Gasteiger partial charge < -0.3 is 15.8 Å². The summed E-state index contributed by atoms with van der Waals surface area (Å²) in [4.78, 5) is 12.0. The van der Waals surface area contributed by atoms with Gasteiger partial charge in [-0.2, -0.15) is 0 Å². The van der Waals surface area contributed by atoms with E-state index in [0.717, 1.165) is 24.8 Å². The van der Waals surface area contributed by atoms with Crippen LogP contribution in [0.5, 0.6) is 0 Å². The van der Waals surface area contributed by atoms with Crippen molar-refractivity contribution in [2.75, 3.05) is 7.11 Å². The summed E-state index contributed by atoms with van der Waals surface area (Å²) in [6.45, 7) is 0. The average molecular weight is 262 g/mol. The zero-order valence-electron chi connectivity index (χ0n) is 11.3. The summed E-state index contributed by atoms with van der Waals surface area (Å²) in [7, 11) is 1.72. The molecule has 0 heterocycles. The van der Waals surface area contributed by atoms with Crippen molar-refractivity contribution >= 4 is 5.91 Å². The van der Waals surface area contributed by atoms with Crippen LogP contribution in [0, 0.1) is 0 Å². The van der Waals surface area contributed by atoms with Crippen LogP contribution in [0.1, 0.15) is 24.8 Å². The minimum atomic E-state index is -0.482. The lowest BCUT2D eigenvalue weighted by atomic mass is 10.1. The molecule has 0 radical (unpaired) electrons. The van der Waals surface area contributed by atoms with Gasteiger partial charge in [-0.3, -0.25) is 4.79 Å². The maximum absolute atomic E-state index is 12.0. The molecule has 19 heavy (non-hydrogen) atoms. The molecule has 0 bridgehead atoms. The van der Waals surface area contributed by atoms with Crippen LogP contribution in [0.15, 0.2) is 30.3 Å². The molecule has 3 atom stereocenters. The first kappa shape index (κ1) is 14.0. The quantitative estimate of drug-likeness (QED) is 0.839. The van der Waals surface area contributed by atoms with Gasteiger partial charge in [-0.1, -0.05) is 30.3 Å². The Balaban J connectivity index is 1.80.